The Bertz CT molecular complexity index is 818. The summed E-state index contributed by atoms with van der Waals surface area (Å²) in [6, 6.07) is 13.5. The van der Waals surface area contributed by atoms with Crippen molar-refractivity contribution in [1.29, 1.82) is 0 Å². The molecule has 2 heterocycles. The maximum atomic E-state index is 13.0. The first-order valence-electron chi connectivity index (χ1n) is 9.26. The fourth-order valence-electron chi connectivity index (χ4n) is 3.51. The number of fused-ring (bicyclic) bond motifs is 1. The molecule has 2 aromatic rings. The molecule has 1 saturated heterocycles. The normalized spacial score (nSPS) is 16.9. The van der Waals surface area contributed by atoms with Gasteiger partial charge in [0.15, 0.2) is 0 Å². The van der Waals surface area contributed by atoms with Crippen LogP contribution < -0.4 is 14.4 Å². The number of hydrogen-bond acceptors (Lipinski definition) is 5. The molecule has 0 unspecified atom stereocenters. The summed E-state index contributed by atoms with van der Waals surface area (Å²) < 4.78 is 16.6. The predicted octanol–water partition coefficient (Wildman–Crippen LogP) is 2.57. The summed E-state index contributed by atoms with van der Waals surface area (Å²) >= 11 is 0. The van der Waals surface area contributed by atoms with Crippen molar-refractivity contribution in [2.75, 3.05) is 51.5 Å². The van der Waals surface area contributed by atoms with Crippen LogP contribution in [0.25, 0.3) is 0 Å². The van der Waals surface area contributed by atoms with Crippen LogP contribution in [0.1, 0.15) is 15.9 Å². The van der Waals surface area contributed by atoms with E-state index >= 15 is 0 Å². The second kappa shape index (κ2) is 7.88. The van der Waals surface area contributed by atoms with Crippen LogP contribution in [0, 0.1) is 0 Å². The summed E-state index contributed by atoms with van der Waals surface area (Å²) in [7, 11) is 1.60. The van der Waals surface area contributed by atoms with E-state index in [1.807, 2.05) is 29.2 Å². The monoisotopic (exact) mass is 368 g/mol. The number of carbonyl (C=O) groups excluding carboxylic acids is 1. The van der Waals surface area contributed by atoms with Crippen LogP contribution in [-0.4, -0.2) is 57.4 Å². The molecular formula is C21H24N2O4. The topological polar surface area (TPSA) is 51.2 Å². The number of anilines is 1. The number of carbonyl (C=O) groups is 1. The molecule has 142 valence electrons. The summed E-state index contributed by atoms with van der Waals surface area (Å²) in [6.07, 6.45) is 0. The van der Waals surface area contributed by atoms with Crippen LogP contribution in [0.3, 0.4) is 0 Å². The molecule has 0 spiro atoms. The first kappa shape index (κ1) is 17.7. The van der Waals surface area contributed by atoms with Crippen LogP contribution in [0.5, 0.6) is 11.5 Å². The minimum Gasteiger partial charge on any atom is -0.497 e. The van der Waals surface area contributed by atoms with Gasteiger partial charge in [0.05, 0.1) is 26.9 Å². The van der Waals surface area contributed by atoms with Gasteiger partial charge in [-0.3, -0.25) is 4.79 Å². The molecular weight excluding hydrogens is 344 g/mol. The lowest BCUT2D eigenvalue weighted by Gasteiger charge is -2.29. The quantitative estimate of drug-likeness (QED) is 0.833. The highest BCUT2D eigenvalue weighted by atomic mass is 16.5. The smallest absolute Gasteiger partial charge is 0.254 e. The number of benzene rings is 2. The van der Waals surface area contributed by atoms with Crippen molar-refractivity contribution < 1.29 is 19.0 Å². The molecule has 0 bridgehead atoms. The van der Waals surface area contributed by atoms with Crippen LogP contribution in [0.2, 0.25) is 0 Å². The van der Waals surface area contributed by atoms with Gasteiger partial charge >= 0.3 is 0 Å². The summed E-state index contributed by atoms with van der Waals surface area (Å²) in [5.41, 5.74) is 2.81. The molecule has 0 aliphatic carbocycles. The molecule has 6 heteroatoms. The number of nitrogens with zero attached hydrogens (tertiary/aromatic N) is 2. The summed E-state index contributed by atoms with van der Waals surface area (Å²) in [5, 5.41) is 0. The third-order valence-electron chi connectivity index (χ3n) is 5.00. The predicted molar refractivity (Wildman–Crippen MR) is 103 cm³/mol. The third-order valence-corrected chi connectivity index (χ3v) is 5.00. The van der Waals surface area contributed by atoms with Crippen molar-refractivity contribution in [2.24, 2.45) is 0 Å². The fraction of sp³-hybridized carbons (Fsp3) is 0.381. The van der Waals surface area contributed by atoms with Crippen LogP contribution in [0.4, 0.5) is 5.69 Å². The Hall–Kier alpha value is -2.73. The molecule has 0 atom stereocenters. The van der Waals surface area contributed by atoms with Gasteiger partial charge in [-0.15, -0.1) is 0 Å². The van der Waals surface area contributed by atoms with E-state index in [0.717, 1.165) is 43.3 Å². The molecule has 6 nitrogen and oxygen atoms in total. The van der Waals surface area contributed by atoms with E-state index in [-0.39, 0.29) is 5.91 Å². The zero-order valence-electron chi connectivity index (χ0n) is 15.5. The highest BCUT2D eigenvalue weighted by molar-refractivity contribution is 5.94. The third kappa shape index (κ3) is 3.85. The van der Waals surface area contributed by atoms with E-state index in [1.54, 1.807) is 13.2 Å². The number of amides is 1. The van der Waals surface area contributed by atoms with Crippen molar-refractivity contribution in [2.45, 2.75) is 6.54 Å². The average molecular weight is 368 g/mol. The van der Waals surface area contributed by atoms with Gasteiger partial charge in [0, 0.05) is 36.4 Å². The van der Waals surface area contributed by atoms with Gasteiger partial charge in [-0.05, 0) is 36.4 Å². The Kier molecular flexibility index (Phi) is 5.16. The van der Waals surface area contributed by atoms with E-state index in [0.29, 0.717) is 31.0 Å². The first-order chi connectivity index (χ1) is 13.2. The maximum absolute atomic E-state index is 13.0. The first-order valence-corrected chi connectivity index (χ1v) is 9.26. The lowest BCUT2D eigenvalue weighted by molar-refractivity contribution is 0.0733. The van der Waals surface area contributed by atoms with Gasteiger partial charge in [-0.25, -0.2) is 0 Å². The van der Waals surface area contributed by atoms with E-state index in [2.05, 4.69) is 17.0 Å². The van der Waals surface area contributed by atoms with Gasteiger partial charge in [-0.2, -0.15) is 0 Å². The van der Waals surface area contributed by atoms with Crippen molar-refractivity contribution >= 4 is 11.6 Å². The highest BCUT2D eigenvalue weighted by Crippen LogP contribution is 2.29. The molecule has 0 aromatic heterocycles. The van der Waals surface area contributed by atoms with Crippen molar-refractivity contribution in [3.63, 3.8) is 0 Å². The summed E-state index contributed by atoms with van der Waals surface area (Å²) in [5.74, 6) is 1.53. The second-order valence-corrected chi connectivity index (χ2v) is 6.70. The Morgan fingerprint density at radius 3 is 2.70 bits per heavy atom. The molecule has 0 saturated carbocycles. The Balaban J connectivity index is 1.56. The molecule has 2 aliphatic heterocycles. The molecule has 1 amide bonds. The van der Waals surface area contributed by atoms with Gasteiger partial charge in [0.25, 0.3) is 5.91 Å². The molecule has 0 N–H and O–H groups in total. The van der Waals surface area contributed by atoms with Gasteiger partial charge in [0.2, 0.25) is 0 Å². The van der Waals surface area contributed by atoms with Crippen LogP contribution >= 0.6 is 0 Å². The molecule has 1 fully saturated rings. The minimum absolute atomic E-state index is 0.0119. The zero-order valence-corrected chi connectivity index (χ0v) is 15.5. The number of methoxy groups -OCH3 is 1. The SMILES string of the molecule is COc1cccc(C(=O)N2CCOc3ccc(N4CCOCC4)cc3C2)c1. The zero-order chi connectivity index (χ0) is 18.6. The minimum atomic E-state index is -0.0119. The lowest BCUT2D eigenvalue weighted by atomic mass is 10.1. The van der Waals surface area contributed by atoms with E-state index in [9.17, 15) is 4.79 Å². The Morgan fingerprint density at radius 1 is 1.04 bits per heavy atom. The largest absolute Gasteiger partial charge is 0.497 e. The fourth-order valence-corrected chi connectivity index (χ4v) is 3.51. The average Bonchev–Trinajstić information content (AvgIpc) is 2.95. The molecule has 2 aliphatic rings. The summed E-state index contributed by atoms with van der Waals surface area (Å²) in [4.78, 5) is 17.2. The molecule has 27 heavy (non-hydrogen) atoms. The number of rotatable bonds is 3. The number of ether oxygens (including phenoxy) is 3. The molecule has 0 radical (unpaired) electrons. The second-order valence-electron chi connectivity index (χ2n) is 6.70. The number of morpholine rings is 1. The van der Waals surface area contributed by atoms with Crippen molar-refractivity contribution in [3.8, 4) is 11.5 Å². The molecule has 4 rings (SSSR count). The standard InChI is InChI=1S/C21H24N2O4/c1-25-19-4-2-3-16(14-19)21(24)23-9-12-27-20-6-5-18(13-17(20)15-23)22-7-10-26-11-8-22/h2-6,13-14H,7-12,15H2,1H3. The molecule has 2 aromatic carbocycles. The van der Waals surface area contributed by atoms with E-state index < -0.39 is 0 Å². The van der Waals surface area contributed by atoms with Crippen molar-refractivity contribution in [3.05, 3.63) is 53.6 Å². The Morgan fingerprint density at radius 2 is 1.89 bits per heavy atom. The number of hydrogen-bond donors (Lipinski definition) is 0. The van der Waals surface area contributed by atoms with E-state index in [4.69, 9.17) is 14.2 Å². The maximum Gasteiger partial charge on any atom is 0.254 e. The Labute approximate surface area is 159 Å². The van der Waals surface area contributed by atoms with Gasteiger partial charge < -0.3 is 24.0 Å². The lowest BCUT2D eigenvalue weighted by Crippen LogP contribution is -2.36. The van der Waals surface area contributed by atoms with Crippen molar-refractivity contribution in [1.82, 2.24) is 4.90 Å². The summed E-state index contributed by atoms with van der Waals surface area (Å²) in [6.45, 7) is 4.82. The van der Waals surface area contributed by atoms with Crippen LogP contribution in [-0.2, 0) is 11.3 Å². The van der Waals surface area contributed by atoms with E-state index in [1.165, 1.54) is 0 Å². The van der Waals surface area contributed by atoms with Gasteiger partial charge in [0.1, 0.15) is 18.1 Å². The van der Waals surface area contributed by atoms with Gasteiger partial charge in [-0.1, -0.05) is 6.07 Å². The highest BCUT2D eigenvalue weighted by Gasteiger charge is 2.22. The van der Waals surface area contributed by atoms with Crippen LogP contribution in [0.15, 0.2) is 42.5 Å².